The van der Waals surface area contributed by atoms with E-state index in [2.05, 4.69) is 5.32 Å². The molecule has 0 heterocycles. The minimum absolute atomic E-state index is 0.0237. The van der Waals surface area contributed by atoms with E-state index in [9.17, 15) is 14.0 Å². The molecule has 2 aromatic rings. The molecule has 2 atom stereocenters. The summed E-state index contributed by atoms with van der Waals surface area (Å²) in [5.74, 6) is -0.675. The predicted octanol–water partition coefficient (Wildman–Crippen LogP) is 4.74. The van der Waals surface area contributed by atoms with Crippen molar-refractivity contribution in [3.63, 3.8) is 0 Å². The van der Waals surface area contributed by atoms with Crippen LogP contribution in [0.4, 0.5) is 4.39 Å². The van der Waals surface area contributed by atoms with Gasteiger partial charge in [0.25, 0.3) is 0 Å². The normalized spacial score (nSPS) is 12.9. The minimum atomic E-state index is -0.603. The summed E-state index contributed by atoms with van der Waals surface area (Å²) < 4.78 is 13.3. The second-order valence-corrected chi connectivity index (χ2v) is 7.63. The predicted molar refractivity (Wildman–Crippen MR) is 114 cm³/mol. The molecule has 29 heavy (non-hydrogen) atoms. The van der Waals surface area contributed by atoms with Crippen LogP contribution in [0, 0.1) is 5.82 Å². The molecule has 0 aliphatic carbocycles. The monoisotopic (exact) mass is 418 g/mol. The third kappa shape index (κ3) is 6.86. The van der Waals surface area contributed by atoms with Crippen LogP contribution in [0.25, 0.3) is 0 Å². The average Bonchev–Trinajstić information content (AvgIpc) is 2.70. The summed E-state index contributed by atoms with van der Waals surface area (Å²) in [5, 5.41) is 3.57. The van der Waals surface area contributed by atoms with Crippen LogP contribution in [0.5, 0.6) is 0 Å². The summed E-state index contributed by atoms with van der Waals surface area (Å²) in [5.41, 5.74) is 1.59. The van der Waals surface area contributed by atoms with Gasteiger partial charge < -0.3 is 10.2 Å². The molecule has 0 aliphatic rings. The highest BCUT2D eigenvalue weighted by atomic mass is 35.5. The number of carbonyl (C=O) groups is 2. The largest absolute Gasteiger partial charge is 0.352 e. The maximum absolute atomic E-state index is 13.3. The summed E-state index contributed by atoms with van der Waals surface area (Å²) >= 11 is 5.93. The first-order valence-corrected chi connectivity index (χ1v) is 10.3. The molecule has 6 heteroatoms. The molecule has 0 spiro atoms. The van der Waals surface area contributed by atoms with E-state index in [0.717, 1.165) is 17.5 Å². The number of benzene rings is 2. The van der Waals surface area contributed by atoms with Gasteiger partial charge in [-0.1, -0.05) is 49.7 Å². The van der Waals surface area contributed by atoms with Gasteiger partial charge in [0.05, 0.1) is 6.42 Å². The molecule has 0 saturated carbocycles. The highest BCUT2D eigenvalue weighted by Crippen LogP contribution is 2.17. The van der Waals surface area contributed by atoms with Crippen LogP contribution in [0.1, 0.15) is 44.7 Å². The second-order valence-electron chi connectivity index (χ2n) is 7.19. The lowest BCUT2D eigenvalue weighted by molar-refractivity contribution is -0.141. The fourth-order valence-corrected chi connectivity index (χ4v) is 3.15. The molecule has 2 rings (SSSR count). The molecule has 2 aromatic carbocycles. The standard InChI is InChI=1S/C23H28ClFN2O2/c1-4-16(3)26-23(29)21(5-2)27(15-18-8-12-20(25)13-9-18)22(28)14-17-6-10-19(24)11-7-17/h6-13,16,21H,4-5,14-15H2,1-3H3,(H,26,29)/t16-,21-/m1/s1. The van der Waals surface area contributed by atoms with Crippen LogP contribution in [0.15, 0.2) is 48.5 Å². The Hall–Kier alpha value is -2.40. The molecule has 2 amide bonds. The SMILES string of the molecule is CC[C@@H](C)NC(=O)[C@@H](CC)N(Cc1ccc(F)cc1)C(=O)Cc1ccc(Cl)cc1. The van der Waals surface area contributed by atoms with Gasteiger partial charge in [-0.2, -0.15) is 0 Å². The third-order valence-electron chi connectivity index (χ3n) is 4.92. The number of amides is 2. The van der Waals surface area contributed by atoms with Gasteiger partial charge in [0.2, 0.25) is 11.8 Å². The Bertz CT molecular complexity index is 809. The fourth-order valence-electron chi connectivity index (χ4n) is 3.03. The molecule has 0 fully saturated rings. The fraction of sp³-hybridized carbons (Fsp3) is 0.391. The highest BCUT2D eigenvalue weighted by molar-refractivity contribution is 6.30. The Morgan fingerprint density at radius 2 is 1.59 bits per heavy atom. The zero-order chi connectivity index (χ0) is 21.4. The lowest BCUT2D eigenvalue weighted by atomic mass is 10.1. The number of nitrogens with zero attached hydrogens (tertiary/aromatic N) is 1. The Balaban J connectivity index is 2.26. The van der Waals surface area contributed by atoms with Gasteiger partial charge in [-0.15, -0.1) is 0 Å². The molecule has 0 saturated heterocycles. The molecule has 156 valence electrons. The first-order valence-electron chi connectivity index (χ1n) is 9.92. The van der Waals surface area contributed by atoms with Crippen molar-refractivity contribution in [3.05, 3.63) is 70.5 Å². The van der Waals surface area contributed by atoms with Crippen LogP contribution in [-0.4, -0.2) is 28.8 Å². The second kappa shape index (κ2) is 11.0. The summed E-state index contributed by atoms with van der Waals surface area (Å²) in [4.78, 5) is 27.6. The van der Waals surface area contributed by atoms with Crippen molar-refractivity contribution < 1.29 is 14.0 Å². The van der Waals surface area contributed by atoms with Crippen LogP contribution >= 0.6 is 11.6 Å². The van der Waals surface area contributed by atoms with Crippen LogP contribution in [0.2, 0.25) is 5.02 Å². The van der Waals surface area contributed by atoms with E-state index in [1.807, 2.05) is 20.8 Å². The lowest BCUT2D eigenvalue weighted by Crippen LogP contribution is -2.51. The maximum atomic E-state index is 13.3. The average molecular weight is 419 g/mol. The highest BCUT2D eigenvalue weighted by Gasteiger charge is 2.29. The van der Waals surface area contributed by atoms with E-state index in [0.29, 0.717) is 11.4 Å². The van der Waals surface area contributed by atoms with Crippen LogP contribution in [0.3, 0.4) is 0 Å². The number of hydrogen-bond acceptors (Lipinski definition) is 2. The number of rotatable bonds is 9. The van der Waals surface area contributed by atoms with E-state index in [1.165, 1.54) is 12.1 Å². The Kier molecular flexibility index (Phi) is 8.65. The number of carbonyl (C=O) groups excluding carboxylic acids is 2. The first kappa shape index (κ1) is 22.9. The molecule has 4 nitrogen and oxygen atoms in total. The maximum Gasteiger partial charge on any atom is 0.243 e. The third-order valence-corrected chi connectivity index (χ3v) is 5.17. The van der Waals surface area contributed by atoms with Gasteiger partial charge in [0.15, 0.2) is 0 Å². The molecular formula is C23H28ClFN2O2. The van der Waals surface area contributed by atoms with Gasteiger partial charge >= 0.3 is 0 Å². The summed E-state index contributed by atoms with van der Waals surface area (Å²) in [7, 11) is 0. The zero-order valence-corrected chi connectivity index (χ0v) is 17.9. The lowest BCUT2D eigenvalue weighted by Gasteiger charge is -2.31. The summed E-state index contributed by atoms with van der Waals surface area (Å²) in [6.07, 6.45) is 1.44. The molecule has 0 unspecified atom stereocenters. The number of halogens is 2. The van der Waals surface area contributed by atoms with Gasteiger partial charge in [0, 0.05) is 17.6 Å². The molecule has 0 aromatic heterocycles. The number of hydrogen-bond donors (Lipinski definition) is 1. The minimum Gasteiger partial charge on any atom is -0.352 e. The first-order chi connectivity index (χ1) is 13.8. The molecule has 0 radical (unpaired) electrons. The Morgan fingerprint density at radius 3 is 2.14 bits per heavy atom. The van der Waals surface area contributed by atoms with E-state index in [-0.39, 0.29) is 36.6 Å². The van der Waals surface area contributed by atoms with E-state index >= 15 is 0 Å². The van der Waals surface area contributed by atoms with Crippen LogP contribution in [-0.2, 0) is 22.6 Å². The van der Waals surface area contributed by atoms with Crippen molar-refractivity contribution in [3.8, 4) is 0 Å². The van der Waals surface area contributed by atoms with Crippen LogP contribution < -0.4 is 5.32 Å². The Labute approximate surface area is 177 Å². The summed E-state index contributed by atoms with van der Waals surface area (Å²) in [6.45, 7) is 6.05. The van der Waals surface area contributed by atoms with Gasteiger partial charge in [-0.25, -0.2) is 4.39 Å². The van der Waals surface area contributed by atoms with Crippen molar-refractivity contribution in [1.82, 2.24) is 10.2 Å². The topological polar surface area (TPSA) is 49.4 Å². The van der Waals surface area contributed by atoms with E-state index < -0.39 is 6.04 Å². The van der Waals surface area contributed by atoms with E-state index in [1.54, 1.807) is 41.3 Å². The molecule has 1 N–H and O–H groups in total. The van der Waals surface area contributed by atoms with Gasteiger partial charge in [-0.3, -0.25) is 9.59 Å². The summed E-state index contributed by atoms with van der Waals surface area (Å²) in [6, 6.07) is 12.5. The molecule has 0 aliphatic heterocycles. The molecular weight excluding hydrogens is 391 g/mol. The number of nitrogens with one attached hydrogen (secondary N) is 1. The molecule has 0 bridgehead atoms. The zero-order valence-electron chi connectivity index (χ0n) is 17.1. The van der Waals surface area contributed by atoms with Crippen molar-refractivity contribution in [2.45, 2.75) is 58.7 Å². The van der Waals surface area contributed by atoms with Crippen molar-refractivity contribution in [2.75, 3.05) is 0 Å². The van der Waals surface area contributed by atoms with E-state index in [4.69, 9.17) is 11.6 Å². The smallest absolute Gasteiger partial charge is 0.243 e. The van der Waals surface area contributed by atoms with Gasteiger partial charge in [-0.05, 0) is 55.2 Å². The van der Waals surface area contributed by atoms with Crippen molar-refractivity contribution >= 4 is 23.4 Å². The Morgan fingerprint density at radius 1 is 1.00 bits per heavy atom. The van der Waals surface area contributed by atoms with Gasteiger partial charge in [0.1, 0.15) is 11.9 Å². The quantitative estimate of drug-likeness (QED) is 0.639. The van der Waals surface area contributed by atoms with Crippen molar-refractivity contribution in [2.24, 2.45) is 0 Å². The van der Waals surface area contributed by atoms with Crippen molar-refractivity contribution in [1.29, 1.82) is 0 Å².